The minimum Gasteiger partial charge on any atom is -0.477 e. The zero-order valence-corrected chi connectivity index (χ0v) is 17.4. The number of halogens is 4. The maximum Gasteiger partial charge on any atom is 0.408 e. The van der Waals surface area contributed by atoms with E-state index in [9.17, 15) is 13.2 Å². The highest BCUT2D eigenvalue weighted by atomic mass is 35.5. The average Bonchev–Trinajstić information content (AvgIpc) is 3.19. The topological polar surface area (TPSA) is 75.3 Å². The van der Waals surface area contributed by atoms with Crippen LogP contribution in [-0.4, -0.2) is 58.9 Å². The van der Waals surface area contributed by atoms with Crippen molar-refractivity contribution in [3.63, 3.8) is 0 Å². The molecule has 0 aliphatic carbocycles. The zero-order chi connectivity index (χ0) is 22.0. The van der Waals surface area contributed by atoms with E-state index in [-0.39, 0.29) is 42.8 Å². The molecule has 2 aromatic heterocycles. The van der Waals surface area contributed by atoms with Crippen molar-refractivity contribution in [3.05, 3.63) is 41.0 Å². The van der Waals surface area contributed by atoms with Crippen molar-refractivity contribution in [1.82, 2.24) is 19.9 Å². The number of fused-ring (bicyclic) bond motifs is 1. The van der Waals surface area contributed by atoms with Crippen LogP contribution in [0.15, 0.2) is 30.5 Å². The van der Waals surface area contributed by atoms with Gasteiger partial charge >= 0.3 is 6.18 Å². The molecule has 4 rings (SSSR count). The summed E-state index contributed by atoms with van der Waals surface area (Å²) in [5, 5.41) is 3.83. The molecule has 166 valence electrons. The minimum absolute atomic E-state index is 0.0701. The highest BCUT2D eigenvalue weighted by molar-refractivity contribution is 6.33. The SMILES string of the molecule is CCOc1nc(Nc2ccc([C@H](N3CCOCC3)C(F)(F)F)cc2Cl)nc2[nH]ccc12. The third-order valence-electron chi connectivity index (χ3n) is 4.94. The lowest BCUT2D eigenvalue weighted by Crippen LogP contribution is -2.44. The predicted octanol–water partition coefficient (Wildman–Crippen LogP) is 4.69. The van der Waals surface area contributed by atoms with E-state index in [2.05, 4.69) is 20.3 Å². The Morgan fingerprint density at radius 1 is 1.26 bits per heavy atom. The van der Waals surface area contributed by atoms with E-state index in [1.807, 2.05) is 6.92 Å². The molecule has 1 aromatic carbocycles. The maximum atomic E-state index is 13.8. The first kappa shape index (κ1) is 21.7. The molecule has 0 spiro atoms. The summed E-state index contributed by atoms with van der Waals surface area (Å²) in [5.41, 5.74) is 1.03. The van der Waals surface area contributed by atoms with Crippen LogP contribution in [0.3, 0.4) is 0 Å². The summed E-state index contributed by atoms with van der Waals surface area (Å²) in [5.74, 6) is 0.613. The van der Waals surface area contributed by atoms with E-state index in [1.165, 1.54) is 23.1 Å². The number of nitrogens with one attached hydrogen (secondary N) is 2. The number of alkyl halides is 3. The second-order valence-electron chi connectivity index (χ2n) is 6.98. The molecule has 1 atom stereocenters. The van der Waals surface area contributed by atoms with Crippen LogP contribution in [0.5, 0.6) is 5.88 Å². The van der Waals surface area contributed by atoms with Gasteiger partial charge in [0.2, 0.25) is 11.8 Å². The predicted molar refractivity (Wildman–Crippen MR) is 111 cm³/mol. The fraction of sp³-hybridized carbons (Fsp3) is 0.400. The van der Waals surface area contributed by atoms with Crippen LogP contribution in [0.2, 0.25) is 5.02 Å². The summed E-state index contributed by atoms with van der Waals surface area (Å²) in [7, 11) is 0. The third kappa shape index (κ3) is 4.70. The van der Waals surface area contributed by atoms with Crippen molar-refractivity contribution in [2.75, 3.05) is 38.2 Å². The smallest absolute Gasteiger partial charge is 0.408 e. The Morgan fingerprint density at radius 3 is 2.71 bits per heavy atom. The standard InChI is InChI=1S/C20H21ClF3N5O2/c1-2-31-18-13-5-6-25-17(13)27-19(28-18)26-15-4-3-12(11-14(15)21)16(20(22,23)24)29-7-9-30-10-8-29/h3-6,11,16H,2,7-10H2,1H3,(H2,25,26,27,28)/t16-/m0/s1. The molecular weight excluding hydrogens is 435 g/mol. The summed E-state index contributed by atoms with van der Waals surface area (Å²) in [6.07, 6.45) is -2.72. The molecule has 0 unspecified atom stereocenters. The van der Waals surface area contributed by atoms with Gasteiger partial charge < -0.3 is 19.8 Å². The molecule has 1 saturated heterocycles. The van der Waals surface area contributed by atoms with Crippen LogP contribution < -0.4 is 10.1 Å². The minimum atomic E-state index is -4.44. The van der Waals surface area contributed by atoms with Gasteiger partial charge in [-0.05, 0) is 30.7 Å². The summed E-state index contributed by atoms with van der Waals surface area (Å²) in [4.78, 5) is 13.1. The molecule has 7 nitrogen and oxygen atoms in total. The Bertz CT molecular complexity index is 1050. The molecule has 0 amide bonds. The van der Waals surface area contributed by atoms with Crippen LogP contribution >= 0.6 is 11.6 Å². The van der Waals surface area contributed by atoms with Crippen LogP contribution in [-0.2, 0) is 4.74 Å². The number of hydrogen-bond donors (Lipinski definition) is 2. The number of morpholine rings is 1. The molecule has 31 heavy (non-hydrogen) atoms. The van der Waals surface area contributed by atoms with Gasteiger partial charge in [0.25, 0.3) is 0 Å². The van der Waals surface area contributed by atoms with Gasteiger partial charge in [-0.1, -0.05) is 17.7 Å². The molecule has 1 aliphatic heterocycles. The normalized spacial score (nSPS) is 16.4. The van der Waals surface area contributed by atoms with E-state index in [0.717, 1.165) is 5.39 Å². The number of ether oxygens (including phenoxy) is 2. The molecule has 2 N–H and O–H groups in total. The van der Waals surface area contributed by atoms with Crippen LogP contribution in [0.1, 0.15) is 18.5 Å². The number of aromatic amines is 1. The lowest BCUT2D eigenvalue weighted by Gasteiger charge is -2.35. The highest BCUT2D eigenvalue weighted by Crippen LogP contribution is 2.40. The van der Waals surface area contributed by atoms with Gasteiger partial charge in [-0.3, -0.25) is 4.90 Å². The molecule has 1 aliphatic rings. The van der Waals surface area contributed by atoms with E-state index in [1.54, 1.807) is 12.3 Å². The first-order chi connectivity index (χ1) is 14.9. The van der Waals surface area contributed by atoms with Gasteiger partial charge in [0.1, 0.15) is 11.7 Å². The first-order valence-corrected chi connectivity index (χ1v) is 10.2. The van der Waals surface area contributed by atoms with Gasteiger partial charge in [0.05, 0.1) is 35.9 Å². The number of anilines is 2. The van der Waals surface area contributed by atoms with Crippen molar-refractivity contribution in [2.45, 2.75) is 19.1 Å². The van der Waals surface area contributed by atoms with E-state index < -0.39 is 12.2 Å². The van der Waals surface area contributed by atoms with Crippen molar-refractivity contribution in [2.24, 2.45) is 0 Å². The highest BCUT2D eigenvalue weighted by Gasteiger charge is 2.45. The Morgan fingerprint density at radius 2 is 2.03 bits per heavy atom. The van der Waals surface area contributed by atoms with Crippen molar-refractivity contribution >= 4 is 34.3 Å². The number of nitrogens with zero attached hydrogens (tertiary/aromatic N) is 3. The summed E-state index contributed by atoms with van der Waals surface area (Å²) >= 11 is 6.34. The Hall–Kier alpha value is -2.56. The average molecular weight is 456 g/mol. The molecule has 0 bridgehead atoms. The van der Waals surface area contributed by atoms with Crippen molar-refractivity contribution in [3.8, 4) is 5.88 Å². The Labute approximate surface area is 181 Å². The first-order valence-electron chi connectivity index (χ1n) is 9.79. The van der Waals surface area contributed by atoms with Gasteiger partial charge in [-0.25, -0.2) is 0 Å². The fourth-order valence-electron chi connectivity index (χ4n) is 3.58. The molecular formula is C20H21ClF3N5O2. The monoisotopic (exact) mass is 455 g/mol. The van der Waals surface area contributed by atoms with Crippen molar-refractivity contribution < 1.29 is 22.6 Å². The van der Waals surface area contributed by atoms with Crippen LogP contribution in [0.4, 0.5) is 24.8 Å². The summed E-state index contributed by atoms with van der Waals surface area (Å²) < 4.78 is 52.2. The number of aromatic nitrogens is 3. The quantitative estimate of drug-likeness (QED) is 0.561. The molecule has 3 aromatic rings. The summed E-state index contributed by atoms with van der Waals surface area (Å²) in [6.45, 7) is 3.20. The lowest BCUT2D eigenvalue weighted by atomic mass is 10.0. The summed E-state index contributed by atoms with van der Waals surface area (Å²) in [6, 6.07) is 4.29. The Kier molecular flexibility index (Phi) is 6.22. The third-order valence-corrected chi connectivity index (χ3v) is 5.25. The van der Waals surface area contributed by atoms with Gasteiger partial charge in [-0.15, -0.1) is 0 Å². The van der Waals surface area contributed by atoms with E-state index in [0.29, 0.717) is 23.8 Å². The number of hydrogen-bond acceptors (Lipinski definition) is 6. The zero-order valence-electron chi connectivity index (χ0n) is 16.7. The van der Waals surface area contributed by atoms with Gasteiger partial charge in [0.15, 0.2) is 0 Å². The number of H-pyrrole nitrogens is 1. The second-order valence-corrected chi connectivity index (χ2v) is 7.39. The number of rotatable bonds is 6. The van der Waals surface area contributed by atoms with Crippen LogP contribution in [0.25, 0.3) is 11.0 Å². The molecule has 11 heteroatoms. The van der Waals surface area contributed by atoms with E-state index >= 15 is 0 Å². The van der Waals surface area contributed by atoms with Gasteiger partial charge in [-0.2, -0.15) is 23.1 Å². The fourth-order valence-corrected chi connectivity index (χ4v) is 3.82. The second kappa shape index (κ2) is 8.89. The molecule has 1 fully saturated rings. The largest absolute Gasteiger partial charge is 0.477 e. The molecule has 3 heterocycles. The van der Waals surface area contributed by atoms with Crippen molar-refractivity contribution in [1.29, 1.82) is 0 Å². The molecule has 0 saturated carbocycles. The van der Waals surface area contributed by atoms with Gasteiger partial charge in [0, 0.05) is 19.3 Å². The Balaban J connectivity index is 1.62. The number of benzene rings is 1. The lowest BCUT2D eigenvalue weighted by molar-refractivity contribution is -0.194. The maximum absolute atomic E-state index is 13.8. The van der Waals surface area contributed by atoms with E-state index in [4.69, 9.17) is 21.1 Å². The van der Waals surface area contributed by atoms with Crippen LogP contribution in [0, 0.1) is 0 Å². The molecule has 0 radical (unpaired) electrons.